The molecule has 2 fully saturated rings. The van der Waals surface area contributed by atoms with Gasteiger partial charge in [-0.1, -0.05) is 30.3 Å². The number of hydrogen-bond acceptors (Lipinski definition) is 3. The van der Waals surface area contributed by atoms with E-state index >= 15 is 0 Å². The van der Waals surface area contributed by atoms with E-state index in [-0.39, 0.29) is 36.4 Å². The molecule has 6 nitrogen and oxygen atoms in total. The summed E-state index contributed by atoms with van der Waals surface area (Å²) in [6.07, 6.45) is 4.64. The number of guanidine groups is 1. The molecule has 1 aromatic carbocycles. The maximum atomic E-state index is 11.8. The Kier molecular flexibility index (Phi) is 9.33. The van der Waals surface area contributed by atoms with E-state index in [9.17, 15) is 4.79 Å². The smallest absolute Gasteiger partial charge is 0.242 e. The van der Waals surface area contributed by atoms with E-state index in [0.717, 1.165) is 45.0 Å². The number of rotatable bonds is 8. The first-order valence-electron chi connectivity index (χ1n) is 9.84. The molecule has 1 saturated heterocycles. The second kappa shape index (κ2) is 11.5. The molecule has 150 valence electrons. The SMILES string of the molecule is CCNC(=NCC(=O)NC1CC1)NCC1CCCN1Cc1ccccc1.I. The van der Waals surface area contributed by atoms with E-state index in [1.807, 2.05) is 6.92 Å². The van der Waals surface area contributed by atoms with Crippen molar-refractivity contribution in [3.8, 4) is 0 Å². The lowest BCUT2D eigenvalue weighted by Gasteiger charge is -2.25. The van der Waals surface area contributed by atoms with E-state index < -0.39 is 0 Å². The molecule has 1 atom stereocenters. The zero-order valence-corrected chi connectivity index (χ0v) is 18.4. The van der Waals surface area contributed by atoms with Crippen LogP contribution in [0.3, 0.4) is 0 Å². The van der Waals surface area contributed by atoms with Crippen molar-refractivity contribution in [2.24, 2.45) is 4.99 Å². The minimum atomic E-state index is 0. The quantitative estimate of drug-likeness (QED) is 0.300. The van der Waals surface area contributed by atoms with Gasteiger partial charge in [0.25, 0.3) is 0 Å². The van der Waals surface area contributed by atoms with Crippen LogP contribution in [0.1, 0.15) is 38.2 Å². The predicted molar refractivity (Wildman–Crippen MR) is 120 cm³/mol. The van der Waals surface area contributed by atoms with Crippen LogP contribution in [0.5, 0.6) is 0 Å². The van der Waals surface area contributed by atoms with Crippen molar-refractivity contribution in [1.82, 2.24) is 20.9 Å². The molecule has 1 saturated carbocycles. The molecule has 1 aromatic rings. The molecule has 3 N–H and O–H groups in total. The molecule has 27 heavy (non-hydrogen) atoms. The predicted octanol–water partition coefficient (Wildman–Crippen LogP) is 2.10. The Morgan fingerprint density at radius 1 is 1.19 bits per heavy atom. The van der Waals surface area contributed by atoms with Crippen molar-refractivity contribution in [3.05, 3.63) is 35.9 Å². The molecule has 0 bridgehead atoms. The number of nitrogens with zero attached hydrogens (tertiary/aromatic N) is 2. The zero-order chi connectivity index (χ0) is 18.2. The number of hydrogen-bond donors (Lipinski definition) is 3. The topological polar surface area (TPSA) is 68.8 Å². The third-order valence-electron chi connectivity index (χ3n) is 4.90. The summed E-state index contributed by atoms with van der Waals surface area (Å²) in [4.78, 5) is 18.8. The first-order valence-corrected chi connectivity index (χ1v) is 9.84. The third-order valence-corrected chi connectivity index (χ3v) is 4.90. The lowest BCUT2D eigenvalue weighted by molar-refractivity contribution is -0.119. The van der Waals surface area contributed by atoms with E-state index in [0.29, 0.717) is 12.1 Å². The molecule has 2 aliphatic rings. The van der Waals surface area contributed by atoms with Crippen LogP contribution in [0.15, 0.2) is 35.3 Å². The number of benzene rings is 1. The first kappa shape index (κ1) is 21.9. The van der Waals surface area contributed by atoms with Crippen LogP contribution in [-0.4, -0.2) is 55.0 Å². The van der Waals surface area contributed by atoms with Gasteiger partial charge in [-0.05, 0) is 44.7 Å². The lowest BCUT2D eigenvalue weighted by atomic mass is 10.2. The van der Waals surface area contributed by atoms with Gasteiger partial charge in [-0.15, -0.1) is 24.0 Å². The van der Waals surface area contributed by atoms with Gasteiger partial charge in [0.2, 0.25) is 5.91 Å². The van der Waals surface area contributed by atoms with E-state index in [2.05, 4.69) is 56.2 Å². The average Bonchev–Trinajstić information content (AvgIpc) is 3.35. The van der Waals surface area contributed by atoms with Crippen molar-refractivity contribution in [2.45, 2.75) is 51.2 Å². The summed E-state index contributed by atoms with van der Waals surface area (Å²) in [5, 5.41) is 9.63. The minimum Gasteiger partial charge on any atom is -0.357 e. The largest absolute Gasteiger partial charge is 0.357 e. The Balaban J connectivity index is 0.00000261. The molecule has 1 amide bonds. The second-order valence-corrected chi connectivity index (χ2v) is 7.17. The monoisotopic (exact) mass is 485 g/mol. The number of amides is 1. The van der Waals surface area contributed by atoms with Crippen LogP contribution in [0.25, 0.3) is 0 Å². The average molecular weight is 485 g/mol. The van der Waals surface area contributed by atoms with Gasteiger partial charge >= 0.3 is 0 Å². The first-order chi connectivity index (χ1) is 12.7. The number of halogens is 1. The molecule has 0 spiro atoms. The zero-order valence-electron chi connectivity index (χ0n) is 16.1. The fourth-order valence-electron chi connectivity index (χ4n) is 3.36. The summed E-state index contributed by atoms with van der Waals surface area (Å²) in [7, 11) is 0. The van der Waals surface area contributed by atoms with Gasteiger partial charge in [-0.2, -0.15) is 0 Å². The normalized spacial score (nSPS) is 20.0. The maximum Gasteiger partial charge on any atom is 0.242 e. The van der Waals surface area contributed by atoms with Crippen molar-refractivity contribution in [3.63, 3.8) is 0 Å². The summed E-state index contributed by atoms with van der Waals surface area (Å²) < 4.78 is 0. The maximum absolute atomic E-state index is 11.8. The van der Waals surface area contributed by atoms with Crippen molar-refractivity contribution >= 4 is 35.8 Å². The van der Waals surface area contributed by atoms with Crippen LogP contribution in [0.4, 0.5) is 0 Å². The highest BCUT2D eigenvalue weighted by Crippen LogP contribution is 2.19. The molecule has 0 aromatic heterocycles. The Hall–Kier alpha value is -1.35. The number of carbonyl (C=O) groups is 1. The summed E-state index contributed by atoms with van der Waals surface area (Å²) in [6.45, 7) is 5.99. The fourth-order valence-corrected chi connectivity index (χ4v) is 3.36. The standard InChI is InChI=1S/C20H31N5O.HI/c1-2-21-20(23-14-19(26)24-17-10-11-17)22-13-18-9-6-12-25(18)15-16-7-4-3-5-8-16;/h3-5,7-8,17-18H,2,6,9-15H2,1H3,(H,24,26)(H2,21,22,23);1H. The fraction of sp³-hybridized carbons (Fsp3) is 0.600. The molecular weight excluding hydrogens is 453 g/mol. The van der Waals surface area contributed by atoms with Gasteiger partial charge in [0.1, 0.15) is 6.54 Å². The van der Waals surface area contributed by atoms with Crippen LogP contribution < -0.4 is 16.0 Å². The van der Waals surface area contributed by atoms with Gasteiger partial charge in [-0.3, -0.25) is 9.69 Å². The minimum absolute atomic E-state index is 0. The van der Waals surface area contributed by atoms with Gasteiger partial charge in [0.15, 0.2) is 5.96 Å². The molecule has 1 heterocycles. The highest BCUT2D eigenvalue weighted by atomic mass is 127. The molecule has 1 aliphatic heterocycles. The molecule has 0 radical (unpaired) electrons. The van der Waals surface area contributed by atoms with Gasteiger partial charge in [-0.25, -0.2) is 4.99 Å². The summed E-state index contributed by atoms with van der Waals surface area (Å²) >= 11 is 0. The molecule has 3 rings (SSSR count). The van der Waals surface area contributed by atoms with Gasteiger partial charge < -0.3 is 16.0 Å². The Labute approximate surface area is 179 Å². The second-order valence-electron chi connectivity index (χ2n) is 7.17. The summed E-state index contributed by atoms with van der Waals surface area (Å²) in [6, 6.07) is 11.5. The summed E-state index contributed by atoms with van der Waals surface area (Å²) in [5.41, 5.74) is 1.36. The van der Waals surface area contributed by atoms with Crippen LogP contribution >= 0.6 is 24.0 Å². The van der Waals surface area contributed by atoms with E-state index in [1.54, 1.807) is 0 Å². The van der Waals surface area contributed by atoms with Gasteiger partial charge in [0, 0.05) is 31.7 Å². The van der Waals surface area contributed by atoms with Gasteiger partial charge in [0.05, 0.1) is 0 Å². The van der Waals surface area contributed by atoms with Crippen molar-refractivity contribution < 1.29 is 4.79 Å². The summed E-state index contributed by atoms with van der Waals surface area (Å²) in [5.74, 6) is 0.737. The van der Waals surface area contributed by atoms with Crippen molar-refractivity contribution in [1.29, 1.82) is 0 Å². The van der Waals surface area contributed by atoms with Crippen LogP contribution in [-0.2, 0) is 11.3 Å². The van der Waals surface area contributed by atoms with Crippen molar-refractivity contribution in [2.75, 3.05) is 26.2 Å². The third kappa shape index (κ3) is 7.65. The van der Waals surface area contributed by atoms with Crippen LogP contribution in [0, 0.1) is 0 Å². The molecule has 1 unspecified atom stereocenters. The number of nitrogens with one attached hydrogen (secondary N) is 3. The van der Waals surface area contributed by atoms with E-state index in [1.165, 1.54) is 18.4 Å². The Morgan fingerprint density at radius 3 is 2.67 bits per heavy atom. The Morgan fingerprint density at radius 2 is 1.96 bits per heavy atom. The lowest BCUT2D eigenvalue weighted by Crippen LogP contribution is -2.45. The Bertz CT molecular complexity index is 606. The van der Waals surface area contributed by atoms with E-state index in [4.69, 9.17) is 0 Å². The number of carbonyl (C=O) groups excluding carboxylic acids is 1. The molecular formula is C20H32IN5O. The molecule has 1 aliphatic carbocycles. The number of likely N-dealkylation sites (tertiary alicyclic amines) is 1. The van der Waals surface area contributed by atoms with Crippen LogP contribution in [0.2, 0.25) is 0 Å². The highest BCUT2D eigenvalue weighted by Gasteiger charge is 2.25. The highest BCUT2D eigenvalue weighted by molar-refractivity contribution is 14.0. The number of aliphatic imine (C=N–C) groups is 1. The molecule has 7 heteroatoms.